The van der Waals surface area contributed by atoms with Crippen LogP contribution in [-0.2, 0) is 24.1 Å². The minimum Gasteiger partial charge on any atom is -0.478 e. The van der Waals surface area contributed by atoms with Crippen LogP contribution in [0.3, 0.4) is 0 Å². The van der Waals surface area contributed by atoms with E-state index >= 15 is 0 Å². The number of carboxylic acids is 1. The number of halogens is 4. The van der Waals surface area contributed by atoms with Crippen LogP contribution < -0.4 is 0 Å². The van der Waals surface area contributed by atoms with Crippen LogP contribution >= 0.6 is 23.4 Å². The Balaban J connectivity index is 1.37. The predicted octanol–water partition coefficient (Wildman–Crippen LogP) is 6.69. The third-order valence-electron chi connectivity index (χ3n) is 6.05. The molecule has 0 aliphatic carbocycles. The Morgan fingerprint density at radius 1 is 1.05 bits per heavy atom. The maximum atomic E-state index is 13.5. The van der Waals surface area contributed by atoms with Crippen LogP contribution in [0, 0.1) is 0 Å². The van der Waals surface area contributed by atoms with E-state index in [2.05, 4.69) is 5.10 Å². The fourth-order valence-corrected chi connectivity index (χ4v) is 5.22. The van der Waals surface area contributed by atoms with Crippen molar-refractivity contribution in [3.8, 4) is 0 Å². The number of hydrogen-bond acceptors (Lipinski definition) is 5. The number of hydrogen-bond donors (Lipinski definition) is 1. The van der Waals surface area contributed by atoms with Crippen LogP contribution in [0.5, 0.6) is 0 Å². The van der Waals surface area contributed by atoms with Crippen molar-refractivity contribution >= 4 is 57.5 Å². The molecule has 2 heterocycles. The summed E-state index contributed by atoms with van der Waals surface area (Å²) in [6.45, 7) is -0.198. The number of amides is 2. The molecule has 1 aliphatic rings. The fourth-order valence-electron chi connectivity index (χ4n) is 4.21. The molecule has 3 aromatic carbocycles. The summed E-state index contributed by atoms with van der Waals surface area (Å²) in [5.41, 5.74) is 0.921. The highest BCUT2D eigenvalue weighted by molar-refractivity contribution is 8.18. The highest BCUT2D eigenvalue weighted by Gasteiger charge is 2.35. The summed E-state index contributed by atoms with van der Waals surface area (Å²) in [5.74, 6) is -1.62. The number of rotatable bonds is 6. The highest BCUT2D eigenvalue weighted by atomic mass is 35.5. The molecule has 0 spiro atoms. The molecule has 0 radical (unpaired) electrons. The number of carbonyl (C=O) groups is 3. The second-order valence-corrected chi connectivity index (χ2v) is 10.1. The van der Waals surface area contributed by atoms with Crippen LogP contribution in [-0.4, -0.2) is 36.9 Å². The van der Waals surface area contributed by atoms with Gasteiger partial charge in [0.15, 0.2) is 0 Å². The number of aromatic carboxylic acids is 1. The summed E-state index contributed by atoms with van der Waals surface area (Å²) in [6, 6.07) is 14.7. The second-order valence-electron chi connectivity index (χ2n) is 8.69. The van der Waals surface area contributed by atoms with Gasteiger partial charge in [-0.05, 0) is 70.9 Å². The van der Waals surface area contributed by atoms with Gasteiger partial charge >= 0.3 is 12.1 Å². The van der Waals surface area contributed by atoms with E-state index in [1.54, 1.807) is 36.4 Å². The zero-order valence-electron chi connectivity index (χ0n) is 19.8. The first-order chi connectivity index (χ1) is 18.5. The molecule has 0 bridgehead atoms. The van der Waals surface area contributed by atoms with E-state index in [-0.39, 0.29) is 34.1 Å². The smallest absolute Gasteiger partial charge is 0.416 e. The normalized spacial score (nSPS) is 15.1. The Labute approximate surface area is 228 Å². The number of thioether (sulfide) groups is 1. The number of carbonyl (C=O) groups excluding carboxylic acids is 2. The van der Waals surface area contributed by atoms with E-state index in [9.17, 15) is 27.6 Å². The molecule has 198 valence electrons. The third kappa shape index (κ3) is 5.55. The van der Waals surface area contributed by atoms with E-state index in [0.29, 0.717) is 22.0 Å². The van der Waals surface area contributed by atoms with Gasteiger partial charge in [-0.2, -0.15) is 18.3 Å². The van der Waals surface area contributed by atoms with Gasteiger partial charge in [0.2, 0.25) is 0 Å². The molecule has 1 aromatic heterocycles. The van der Waals surface area contributed by atoms with Gasteiger partial charge < -0.3 is 5.11 Å². The first kappa shape index (κ1) is 26.5. The molecular weight excluding hydrogens is 555 g/mol. The third-order valence-corrected chi connectivity index (χ3v) is 7.19. The Hall–Kier alpha value is -4.09. The largest absolute Gasteiger partial charge is 0.478 e. The number of carboxylic acid groups (broad SMARTS) is 1. The summed E-state index contributed by atoms with van der Waals surface area (Å²) in [7, 11) is 0. The van der Waals surface area contributed by atoms with Crippen molar-refractivity contribution in [2.24, 2.45) is 0 Å². The van der Waals surface area contributed by atoms with Crippen LogP contribution in [0.1, 0.15) is 32.6 Å². The Morgan fingerprint density at radius 2 is 1.85 bits per heavy atom. The lowest BCUT2D eigenvalue weighted by Crippen LogP contribution is -2.27. The second kappa shape index (κ2) is 10.2. The summed E-state index contributed by atoms with van der Waals surface area (Å²) in [6.07, 6.45) is -1.51. The Morgan fingerprint density at radius 3 is 2.59 bits per heavy atom. The van der Waals surface area contributed by atoms with Gasteiger partial charge in [0, 0.05) is 10.4 Å². The lowest BCUT2D eigenvalue weighted by atomic mass is 10.1. The lowest BCUT2D eigenvalue weighted by Gasteiger charge is -2.14. The van der Waals surface area contributed by atoms with Gasteiger partial charge in [-0.25, -0.2) is 4.79 Å². The molecule has 1 fully saturated rings. The van der Waals surface area contributed by atoms with Crippen LogP contribution in [0.2, 0.25) is 5.02 Å². The summed E-state index contributed by atoms with van der Waals surface area (Å²) in [5, 5.41) is 13.5. The highest BCUT2D eigenvalue weighted by Crippen LogP contribution is 2.35. The molecule has 12 heteroatoms. The van der Waals surface area contributed by atoms with Crippen LogP contribution in [0.4, 0.5) is 18.0 Å². The zero-order chi connectivity index (χ0) is 27.9. The van der Waals surface area contributed by atoms with Crippen molar-refractivity contribution in [1.29, 1.82) is 0 Å². The Kier molecular flexibility index (Phi) is 6.96. The molecule has 2 amide bonds. The Bertz CT molecular complexity index is 1680. The minimum absolute atomic E-state index is 0.0146. The molecule has 0 saturated carbocycles. The first-order valence-electron chi connectivity index (χ1n) is 11.4. The van der Waals surface area contributed by atoms with Gasteiger partial charge in [-0.1, -0.05) is 35.9 Å². The zero-order valence-corrected chi connectivity index (χ0v) is 21.3. The standard InChI is InChI=1S/C27H17ClF3N3O4S/c28-20-6-5-18(21(11-20)27(29,30)31)14-34-22-7-4-15(8-19(22)12-32-34)10-23-24(35)33(26(38)39-23)13-16-2-1-3-17(9-16)25(36)37/h1-12H,13-14H2,(H,36,37). The molecule has 1 aliphatic heterocycles. The van der Waals surface area contributed by atoms with Crippen molar-refractivity contribution < 1.29 is 32.7 Å². The number of alkyl halides is 3. The van der Waals surface area contributed by atoms with Gasteiger partial charge in [-0.15, -0.1) is 0 Å². The fraction of sp³-hybridized carbons (Fsp3) is 0.111. The minimum atomic E-state index is -4.57. The number of aromatic nitrogens is 2. The van der Waals surface area contributed by atoms with Gasteiger partial charge in [-0.3, -0.25) is 19.2 Å². The average molecular weight is 572 g/mol. The number of fused-ring (bicyclic) bond motifs is 1. The molecule has 1 saturated heterocycles. The molecular formula is C27H17ClF3N3O4S. The number of imide groups is 1. The van der Waals surface area contributed by atoms with E-state index in [1.165, 1.54) is 35.1 Å². The number of nitrogens with zero attached hydrogens (tertiary/aromatic N) is 3. The summed E-state index contributed by atoms with van der Waals surface area (Å²) >= 11 is 6.54. The molecule has 0 unspecified atom stereocenters. The molecule has 39 heavy (non-hydrogen) atoms. The maximum Gasteiger partial charge on any atom is 0.416 e. The quantitative estimate of drug-likeness (QED) is 0.259. The van der Waals surface area contributed by atoms with Crippen molar-refractivity contribution in [3.05, 3.63) is 105 Å². The van der Waals surface area contributed by atoms with E-state index in [0.717, 1.165) is 22.7 Å². The van der Waals surface area contributed by atoms with Crippen molar-refractivity contribution in [2.45, 2.75) is 19.3 Å². The van der Waals surface area contributed by atoms with Crippen molar-refractivity contribution in [3.63, 3.8) is 0 Å². The van der Waals surface area contributed by atoms with Crippen molar-refractivity contribution in [2.75, 3.05) is 0 Å². The van der Waals surface area contributed by atoms with E-state index < -0.39 is 28.9 Å². The van der Waals surface area contributed by atoms with Crippen LogP contribution in [0.25, 0.3) is 17.0 Å². The maximum absolute atomic E-state index is 13.5. The van der Waals surface area contributed by atoms with E-state index in [1.807, 2.05) is 0 Å². The summed E-state index contributed by atoms with van der Waals surface area (Å²) < 4.78 is 41.9. The number of benzene rings is 3. The summed E-state index contributed by atoms with van der Waals surface area (Å²) in [4.78, 5) is 37.9. The topological polar surface area (TPSA) is 92.5 Å². The van der Waals surface area contributed by atoms with Gasteiger partial charge in [0.05, 0.1) is 40.8 Å². The monoisotopic (exact) mass is 571 g/mol. The van der Waals surface area contributed by atoms with E-state index in [4.69, 9.17) is 16.7 Å². The SMILES string of the molecule is O=C(O)c1cccc(CN2C(=O)SC(=Cc3ccc4c(cnn4Cc4ccc(Cl)cc4C(F)(F)F)c3)C2=O)c1. The molecule has 4 aromatic rings. The van der Waals surface area contributed by atoms with Crippen molar-refractivity contribution in [1.82, 2.24) is 14.7 Å². The lowest BCUT2D eigenvalue weighted by molar-refractivity contribution is -0.138. The average Bonchev–Trinajstić information content (AvgIpc) is 3.39. The van der Waals surface area contributed by atoms with Gasteiger partial charge in [0.25, 0.3) is 11.1 Å². The predicted molar refractivity (Wildman–Crippen MR) is 140 cm³/mol. The first-order valence-corrected chi connectivity index (χ1v) is 12.6. The molecule has 7 nitrogen and oxygen atoms in total. The molecule has 0 atom stereocenters. The van der Waals surface area contributed by atoms with Gasteiger partial charge in [0.1, 0.15) is 0 Å². The molecule has 1 N–H and O–H groups in total. The van der Waals surface area contributed by atoms with Crippen LogP contribution in [0.15, 0.2) is 71.8 Å². The molecule has 5 rings (SSSR count).